The number of hydrogen-bond donors (Lipinski definition) is 4. The van der Waals surface area contributed by atoms with E-state index in [9.17, 15) is 19.8 Å². The number of nitrogens with one attached hydrogen (secondary N) is 2. The molecule has 2 aliphatic rings. The zero-order valence-corrected chi connectivity index (χ0v) is 27.7. The standard InChI is InChI=1S/C34H38N4O4.Pt/c1-7-21-17(3)25-13-26-19(5)23(9-11-33(39)40)31(37-26)16-32-24(10-12-34(41)42)20(6)28(38-32)15-30-22(8-2)18(4)27(36-30)14-29(21)35-25;/h13-16,35,38H,7-12H2,1-6H3,(H,39,40)(H,41,42);. The summed E-state index contributed by atoms with van der Waals surface area (Å²) < 4.78 is 0. The number of hydrogen-bond acceptors (Lipinski definition) is 4. The molecule has 0 saturated carbocycles. The van der Waals surface area contributed by atoms with Gasteiger partial charge < -0.3 is 20.2 Å². The number of aryl methyl sites for hydroxylation is 4. The molecule has 228 valence electrons. The van der Waals surface area contributed by atoms with E-state index in [2.05, 4.69) is 49.8 Å². The minimum Gasteiger partial charge on any atom is -0.481 e. The molecule has 0 radical (unpaired) electrons. The molecule has 0 unspecified atom stereocenters. The third kappa shape index (κ3) is 6.16. The number of carboxylic acids is 2. The van der Waals surface area contributed by atoms with Crippen molar-refractivity contribution in [2.45, 2.75) is 80.1 Å². The van der Waals surface area contributed by atoms with E-state index >= 15 is 0 Å². The number of aromatic amines is 2. The molecule has 0 spiro atoms. The van der Waals surface area contributed by atoms with Crippen LogP contribution in [0.4, 0.5) is 0 Å². The molecule has 8 nitrogen and oxygen atoms in total. The number of aliphatic carboxylic acids is 2. The van der Waals surface area contributed by atoms with E-state index in [0.29, 0.717) is 18.5 Å². The summed E-state index contributed by atoms with van der Waals surface area (Å²) in [7, 11) is 0. The third-order valence-electron chi connectivity index (χ3n) is 8.69. The van der Waals surface area contributed by atoms with E-state index < -0.39 is 11.9 Å². The van der Waals surface area contributed by atoms with Crippen molar-refractivity contribution >= 4 is 56.3 Å². The second-order valence-electron chi connectivity index (χ2n) is 11.2. The molecule has 3 aromatic heterocycles. The van der Waals surface area contributed by atoms with Crippen LogP contribution in [0.1, 0.15) is 98.4 Å². The first-order valence-electron chi connectivity index (χ1n) is 14.6. The van der Waals surface area contributed by atoms with Gasteiger partial charge in [0.1, 0.15) is 0 Å². The van der Waals surface area contributed by atoms with Gasteiger partial charge in [0, 0.05) is 56.0 Å². The van der Waals surface area contributed by atoms with Crippen LogP contribution < -0.4 is 0 Å². The number of aromatic nitrogens is 4. The number of rotatable bonds is 8. The van der Waals surface area contributed by atoms with Gasteiger partial charge in [-0.15, -0.1) is 0 Å². The van der Waals surface area contributed by atoms with Gasteiger partial charge in [0.15, 0.2) is 0 Å². The average molecular weight is 762 g/mol. The van der Waals surface area contributed by atoms with Gasteiger partial charge in [0.25, 0.3) is 0 Å². The summed E-state index contributed by atoms with van der Waals surface area (Å²) in [6.07, 6.45) is 2.39. The molecule has 3 aromatic rings. The summed E-state index contributed by atoms with van der Waals surface area (Å²) in [4.78, 5) is 40.3. The maximum atomic E-state index is 11.5. The van der Waals surface area contributed by atoms with Gasteiger partial charge in [0.05, 0.1) is 22.8 Å². The molecule has 0 amide bonds. The molecule has 0 fully saturated rings. The summed E-state index contributed by atoms with van der Waals surface area (Å²) in [6.45, 7) is 12.5. The second-order valence-corrected chi connectivity index (χ2v) is 11.2. The van der Waals surface area contributed by atoms with Crippen LogP contribution in [0.5, 0.6) is 0 Å². The predicted octanol–water partition coefficient (Wildman–Crippen LogP) is 7.64. The monoisotopic (exact) mass is 761 g/mol. The number of H-pyrrole nitrogens is 2. The van der Waals surface area contributed by atoms with E-state index in [1.54, 1.807) is 0 Å². The van der Waals surface area contributed by atoms with Crippen LogP contribution in [-0.2, 0) is 43.5 Å². The van der Waals surface area contributed by atoms with Gasteiger partial charge in [-0.2, -0.15) is 0 Å². The number of fused-ring (bicyclic) bond motifs is 8. The Bertz CT molecular complexity index is 1860. The smallest absolute Gasteiger partial charge is 0.303 e. The molecular formula is C34H38N4O4Pt. The van der Waals surface area contributed by atoms with Gasteiger partial charge in [-0.3, -0.25) is 9.59 Å². The predicted molar refractivity (Wildman–Crippen MR) is 168 cm³/mol. The first-order valence-corrected chi connectivity index (χ1v) is 14.6. The summed E-state index contributed by atoms with van der Waals surface area (Å²) in [5.41, 5.74) is 15.4. The fourth-order valence-corrected chi connectivity index (χ4v) is 6.22. The van der Waals surface area contributed by atoms with Crippen LogP contribution in [0.2, 0.25) is 0 Å². The normalized spacial score (nSPS) is 13.0. The Hall–Kier alpha value is -3.77. The van der Waals surface area contributed by atoms with Crippen LogP contribution >= 0.6 is 0 Å². The molecule has 9 heteroatoms. The fourth-order valence-electron chi connectivity index (χ4n) is 6.22. The van der Waals surface area contributed by atoms with Crippen LogP contribution in [0.3, 0.4) is 0 Å². The van der Waals surface area contributed by atoms with Crippen molar-refractivity contribution in [3.63, 3.8) is 0 Å². The summed E-state index contributed by atoms with van der Waals surface area (Å²) in [5, 5.41) is 18.9. The van der Waals surface area contributed by atoms with E-state index in [1.165, 1.54) is 11.1 Å². The number of carboxylic acid groups (broad SMARTS) is 2. The van der Waals surface area contributed by atoms with Crippen molar-refractivity contribution in [3.8, 4) is 0 Å². The third-order valence-corrected chi connectivity index (χ3v) is 8.69. The molecule has 0 saturated heterocycles. The van der Waals surface area contributed by atoms with Crippen molar-refractivity contribution in [1.29, 1.82) is 0 Å². The number of nitrogens with zero attached hydrogens (tertiary/aromatic N) is 2. The largest absolute Gasteiger partial charge is 0.481 e. The maximum absolute atomic E-state index is 11.5. The zero-order chi connectivity index (χ0) is 30.3. The Morgan fingerprint density at radius 2 is 1.07 bits per heavy atom. The quantitative estimate of drug-likeness (QED) is 0.187. The summed E-state index contributed by atoms with van der Waals surface area (Å²) in [5.74, 6) is -1.72. The SMILES string of the molecule is CCC1=C(C)c2cc3[nH]c(cc4nc(cc5[nH]c(cc1n2)c(C)c5CCC(=O)O)C(CCC(=O)O)=C4C)c(C)c3CC.[Pt]. The van der Waals surface area contributed by atoms with Crippen molar-refractivity contribution in [1.82, 2.24) is 19.9 Å². The minimum atomic E-state index is -0.864. The first kappa shape index (κ1) is 32.1. The molecule has 5 rings (SSSR count). The molecule has 4 N–H and O–H groups in total. The van der Waals surface area contributed by atoms with E-state index in [0.717, 1.165) is 85.4 Å². The van der Waals surface area contributed by atoms with Crippen LogP contribution in [0.25, 0.3) is 44.4 Å². The Morgan fingerprint density at radius 1 is 0.628 bits per heavy atom. The Labute approximate surface area is 265 Å². The Balaban J connectivity index is 0.00000423. The molecular weight excluding hydrogens is 723 g/mol. The Morgan fingerprint density at radius 3 is 1.63 bits per heavy atom. The average Bonchev–Trinajstić information content (AvgIpc) is 3.59. The molecule has 0 atom stereocenters. The number of allylic oxidation sites excluding steroid dienone is 4. The van der Waals surface area contributed by atoms with Gasteiger partial charge in [0.2, 0.25) is 0 Å². The zero-order valence-electron chi connectivity index (χ0n) is 25.5. The second kappa shape index (κ2) is 12.8. The van der Waals surface area contributed by atoms with Crippen molar-refractivity contribution in [3.05, 3.63) is 69.3 Å². The van der Waals surface area contributed by atoms with Crippen molar-refractivity contribution in [2.24, 2.45) is 0 Å². The Kier molecular flexibility index (Phi) is 9.60. The fraction of sp³-hybridized carbons (Fsp3) is 0.353. The van der Waals surface area contributed by atoms with Gasteiger partial charge in [-0.05, 0) is 122 Å². The van der Waals surface area contributed by atoms with Crippen LogP contribution in [0, 0.1) is 13.8 Å². The summed E-state index contributed by atoms with van der Waals surface area (Å²) >= 11 is 0. The number of carbonyl (C=O) groups is 2. The van der Waals surface area contributed by atoms with Crippen molar-refractivity contribution in [2.75, 3.05) is 0 Å². The van der Waals surface area contributed by atoms with Gasteiger partial charge in [-0.1, -0.05) is 13.8 Å². The van der Waals surface area contributed by atoms with Crippen LogP contribution in [-0.4, -0.2) is 42.1 Å². The van der Waals surface area contributed by atoms with Gasteiger partial charge >= 0.3 is 11.9 Å². The maximum Gasteiger partial charge on any atom is 0.303 e. The summed E-state index contributed by atoms with van der Waals surface area (Å²) in [6, 6.07) is 8.19. The van der Waals surface area contributed by atoms with E-state index in [4.69, 9.17) is 9.97 Å². The molecule has 8 bridgehead atoms. The topological polar surface area (TPSA) is 132 Å². The molecule has 5 heterocycles. The minimum absolute atomic E-state index is 0. The van der Waals surface area contributed by atoms with E-state index in [-0.39, 0.29) is 33.9 Å². The molecule has 0 aliphatic carbocycles. The molecule has 0 aromatic carbocycles. The van der Waals surface area contributed by atoms with Crippen LogP contribution in [0.15, 0.2) is 24.3 Å². The van der Waals surface area contributed by atoms with E-state index in [1.807, 2.05) is 26.0 Å². The van der Waals surface area contributed by atoms with Gasteiger partial charge in [-0.25, -0.2) is 9.97 Å². The first-order chi connectivity index (χ1) is 20.0. The molecule has 43 heavy (non-hydrogen) atoms. The molecule has 2 aliphatic heterocycles. The van der Waals surface area contributed by atoms with Crippen molar-refractivity contribution < 1.29 is 40.9 Å².